The lowest BCUT2D eigenvalue weighted by molar-refractivity contribution is 0.00250. The predicted octanol–water partition coefficient (Wildman–Crippen LogP) is 0.545. The molecule has 1 aromatic carbocycles. The Labute approximate surface area is 119 Å². The first-order valence-corrected chi connectivity index (χ1v) is 6.30. The Morgan fingerprint density at radius 1 is 1.05 bits per heavy atom. The normalized spacial score (nSPS) is 13.7. The summed E-state index contributed by atoms with van der Waals surface area (Å²) in [6.45, 7) is 2.00. The number of hydrogen-bond acceptors (Lipinski definition) is 6. The third-order valence-electron chi connectivity index (χ3n) is 2.95. The molecular weight excluding hydrogens is 262 g/mol. The van der Waals surface area contributed by atoms with Crippen LogP contribution in [0, 0.1) is 0 Å². The fourth-order valence-corrected chi connectivity index (χ4v) is 1.75. The maximum atomic E-state index is 9.72. The molecule has 0 amide bonds. The molecule has 0 aliphatic carbocycles. The lowest BCUT2D eigenvalue weighted by Gasteiger charge is -2.21. The molecule has 0 heterocycles. The smallest absolute Gasteiger partial charge is 0.164 e. The molecule has 0 bridgehead atoms. The highest BCUT2D eigenvalue weighted by atomic mass is 16.5. The standard InChI is InChI=1S/C14H23NO5/c1-14(17,9-16)8-15-7-10-5-12(19-3)13(20-4)6-11(10)18-2/h5-6,15-17H,7-9H2,1-4H3. The van der Waals surface area contributed by atoms with Crippen molar-refractivity contribution in [3.05, 3.63) is 17.7 Å². The van der Waals surface area contributed by atoms with E-state index >= 15 is 0 Å². The van der Waals surface area contributed by atoms with E-state index in [1.165, 1.54) is 0 Å². The van der Waals surface area contributed by atoms with Crippen molar-refractivity contribution < 1.29 is 24.4 Å². The second-order valence-electron chi connectivity index (χ2n) is 4.78. The number of aliphatic hydroxyl groups excluding tert-OH is 1. The highest BCUT2D eigenvalue weighted by Gasteiger charge is 2.19. The number of ether oxygens (including phenoxy) is 3. The molecule has 114 valence electrons. The number of hydrogen-bond donors (Lipinski definition) is 3. The molecule has 1 unspecified atom stereocenters. The summed E-state index contributed by atoms with van der Waals surface area (Å²) in [5.74, 6) is 1.87. The van der Waals surface area contributed by atoms with Crippen LogP contribution in [0.15, 0.2) is 12.1 Å². The van der Waals surface area contributed by atoms with Gasteiger partial charge in [-0.15, -0.1) is 0 Å². The molecule has 1 aromatic rings. The Balaban J connectivity index is 2.83. The van der Waals surface area contributed by atoms with Crippen molar-refractivity contribution >= 4 is 0 Å². The summed E-state index contributed by atoms with van der Waals surface area (Å²) < 4.78 is 15.8. The van der Waals surface area contributed by atoms with Crippen LogP contribution in [0.3, 0.4) is 0 Å². The molecule has 0 saturated carbocycles. The molecule has 0 fully saturated rings. The molecule has 0 spiro atoms. The molecule has 6 nitrogen and oxygen atoms in total. The first kappa shape index (κ1) is 16.6. The Hall–Kier alpha value is -1.50. The molecule has 20 heavy (non-hydrogen) atoms. The predicted molar refractivity (Wildman–Crippen MR) is 75.5 cm³/mol. The topological polar surface area (TPSA) is 80.2 Å². The van der Waals surface area contributed by atoms with Crippen LogP contribution in [-0.4, -0.2) is 50.3 Å². The lowest BCUT2D eigenvalue weighted by atomic mass is 10.1. The molecule has 0 saturated heterocycles. The minimum atomic E-state index is -1.15. The summed E-state index contributed by atoms with van der Waals surface area (Å²) in [7, 11) is 4.71. The molecule has 1 rings (SSSR count). The van der Waals surface area contributed by atoms with Gasteiger partial charge in [0, 0.05) is 24.7 Å². The number of rotatable bonds is 8. The monoisotopic (exact) mass is 285 g/mol. The van der Waals surface area contributed by atoms with Crippen molar-refractivity contribution in [2.45, 2.75) is 19.1 Å². The van der Waals surface area contributed by atoms with Gasteiger partial charge < -0.3 is 29.7 Å². The van der Waals surface area contributed by atoms with Gasteiger partial charge in [0.2, 0.25) is 0 Å². The summed E-state index contributed by atoms with van der Waals surface area (Å²) >= 11 is 0. The van der Waals surface area contributed by atoms with Gasteiger partial charge in [0.05, 0.1) is 33.5 Å². The largest absolute Gasteiger partial charge is 0.496 e. The van der Waals surface area contributed by atoms with Gasteiger partial charge >= 0.3 is 0 Å². The third-order valence-corrected chi connectivity index (χ3v) is 2.95. The molecule has 6 heteroatoms. The molecule has 0 aliphatic heterocycles. The minimum Gasteiger partial charge on any atom is -0.496 e. The van der Waals surface area contributed by atoms with E-state index < -0.39 is 5.60 Å². The molecule has 0 aromatic heterocycles. The minimum absolute atomic E-state index is 0.265. The quantitative estimate of drug-likeness (QED) is 0.647. The zero-order valence-corrected chi connectivity index (χ0v) is 12.4. The van der Waals surface area contributed by atoms with E-state index in [2.05, 4.69) is 5.32 Å². The average molecular weight is 285 g/mol. The fourth-order valence-electron chi connectivity index (χ4n) is 1.75. The number of benzene rings is 1. The van der Waals surface area contributed by atoms with Gasteiger partial charge in [0.15, 0.2) is 11.5 Å². The molecule has 3 N–H and O–H groups in total. The average Bonchev–Trinajstić information content (AvgIpc) is 2.46. The van der Waals surface area contributed by atoms with E-state index in [0.29, 0.717) is 23.8 Å². The van der Waals surface area contributed by atoms with E-state index in [0.717, 1.165) is 5.56 Å². The van der Waals surface area contributed by atoms with Crippen LogP contribution < -0.4 is 19.5 Å². The van der Waals surface area contributed by atoms with Crippen LogP contribution in [0.5, 0.6) is 17.2 Å². The maximum absolute atomic E-state index is 9.72. The van der Waals surface area contributed by atoms with Crippen molar-refractivity contribution in [1.29, 1.82) is 0 Å². The van der Waals surface area contributed by atoms with Crippen molar-refractivity contribution in [1.82, 2.24) is 5.32 Å². The van der Waals surface area contributed by atoms with Crippen LogP contribution in [0.1, 0.15) is 12.5 Å². The lowest BCUT2D eigenvalue weighted by Crippen LogP contribution is -2.40. The van der Waals surface area contributed by atoms with Gasteiger partial charge in [0.1, 0.15) is 5.75 Å². The van der Waals surface area contributed by atoms with Crippen LogP contribution in [-0.2, 0) is 6.54 Å². The first-order valence-electron chi connectivity index (χ1n) is 6.30. The van der Waals surface area contributed by atoms with Gasteiger partial charge in [-0.3, -0.25) is 0 Å². The fraction of sp³-hybridized carbons (Fsp3) is 0.571. The van der Waals surface area contributed by atoms with Gasteiger partial charge in [-0.25, -0.2) is 0 Å². The van der Waals surface area contributed by atoms with Gasteiger partial charge in [-0.2, -0.15) is 0 Å². The van der Waals surface area contributed by atoms with Crippen molar-refractivity contribution in [2.75, 3.05) is 34.5 Å². The van der Waals surface area contributed by atoms with Crippen molar-refractivity contribution in [3.63, 3.8) is 0 Å². The Bertz CT molecular complexity index is 434. The summed E-state index contributed by atoms with van der Waals surface area (Å²) in [6.07, 6.45) is 0. The number of aliphatic hydroxyl groups is 2. The van der Waals surface area contributed by atoms with Crippen LogP contribution in [0.25, 0.3) is 0 Å². The molecular formula is C14H23NO5. The summed E-state index contributed by atoms with van der Waals surface area (Å²) in [6, 6.07) is 3.57. The molecule has 1 atom stereocenters. The van der Waals surface area contributed by atoms with E-state index in [-0.39, 0.29) is 13.2 Å². The molecule has 0 aliphatic rings. The van der Waals surface area contributed by atoms with Gasteiger partial charge in [-0.05, 0) is 13.0 Å². The van der Waals surface area contributed by atoms with Crippen molar-refractivity contribution in [3.8, 4) is 17.2 Å². The highest BCUT2D eigenvalue weighted by Crippen LogP contribution is 2.34. The number of nitrogens with one attached hydrogen (secondary N) is 1. The Morgan fingerprint density at radius 3 is 2.10 bits per heavy atom. The van der Waals surface area contributed by atoms with Gasteiger partial charge in [0.25, 0.3) is 0 Å². The Morgan fingerprint density at radius 2 is 1.60 bits per heavy atom. The van der Waals surface area contributed by atoms with Gasteiger partial charge in [-0.1, -0.05) is 0 Å². The Kier molecular flexibility index (Phi) is 6.06. The van der Waals surface area contributed by atoms with E-state index in [1.54, 1.807) is 34.3 Å². The second-order valence-corrected chi connectivity index (χ2v) is 4.78. The number of methoxy groups -OCH3 is 3. The highest BCUT2D eigenvalue weighted by molar-refractivity contribution is 5.50. The van der Waals surface area contributed by atoms with Crippen molar-refractivity contribution in [2.24, 2.45) is 0 Å². The SMILES string of the molecule is COc1cc(OC)c(OC)cc1CNCC(C)(O)CO. The van der Waals surface area contributed by atoms with Crippen LogP contribution in [0.4, 0.5) is 0 Å². The zero-order valence-electron chi connectivity index (χ0n) is 12.4. The van der Waals surface area contributed by atoms with E-state index in [9.17, 15) is 5.11 Å². The van der Waals surface area contributed by atoms with Crippen LogP contribution in [0.2, 0.25) is 0 Å². The zero-order chi connectivity index (χ0) is 15.2. The molecule has 0 radical (unpaired) electrons. The second kappa shape index (κ2) is 7.33. The van der Waals surface area contributed by atoms with E-state index in [4.69, 9.17) is 19.3 Å². The third kappa shape index (κ3) is 4.26. The van der Waals surface area contributed by atoms with Crippen LogP contribution >= 0.6 is 0 Å². The summed E-state index contributed by atoms with van der Waals surface area (Å²) in [5, 5.41) is 21.8. The summed E-state index contributed by atoms with van der Waals surface area (Å²) in [5.41, 5.74) is -0.275. The maximum Gasteiger partial charge on any atom is 0.164 e. The summed E-state index contributed by atoms with van der Waals surface area (Å²) in [4.78, 5) is 0. The van der Waals surface area contributed by atoms with E-state index in [1.807, 2.05) is 6.07 Å². The first-order chi connectivity index (χ1) is 9.47.